The molecule has 2 rings (SSSR count). The molecular formula is C17H15N4O4-. The lowest BCUT2D eigenvalue weighted by Crippen LogP contribution is -2.42. The van der Waals surface area contributed by atoms with Gasteiger partial charge in [0.15, 0.2) is 0 Å². The first-order valence-electron chi connectivity index (χ1n) is 7.27. The molecule has 8 heteroatoms. The standard InChI is InChI=1S/C17H16N4O4/c1-20-15(22)14(16(23)21(2)17(20)24)13(11(8-18)9-19)10-4-6-12(25-3)7-5-10/h4-7,11,13,22H,1-3H3/p-1. The third kappa shape index (κ3) is 2.98. The molecule has 1 unspecified atom stereocenters. The monoisotopic (exact) mass is 339 g/mol. The minimum atomic E-state index is -1.27. The van der Waals surface area contributed by atoms with Crippen molar-refractivity contribution in [2.24, 2.45) is 20.0 Å². The number of nitriles is 2. The lowest BCUT2D eigenvalue weighted by molar-refractivity contribution is -0.281. The Kier molecular flexibility index (Phi) is 4.94. The van der Waals surface area contributed by atoms with E-state index < -0.39 is 29.0 Å². The van der Waals surface area contributed by atoms with Gasteiger partial charge in [-0.3, -0.25) is 9.36 Å². The Morgan fingerprint density at radius 2 is 1.64 bits per heavy atom. The number of ether oxygens (including phenoxy) is 1. The maximum absolute atomic E-state index is 12.5. The van der Waals surface area contributed by atoms with Crippen molar-refractivity contribution >= 4 is 0 Å². The van der Waals surface area contributed by atoms with Gasteiger partial charge in [0.25, 0.3) is 5.56 Å². The molecule has 0 spiro atoms. The second kappa shape index (κ2) is 6.93. The van der Waals surface area contributed by atoms with E-state index in [1.807, 2.05) is 12.1 Å². The molecule has 0 saturated heterocycles. The number of methoxy groups -OCH3 is 1. The lowest BCUT2D eigenvalue weighted by Gasteiger charge is -2.25. The molecule has 25 heavy (non-hydrogen) atoms. The number of rotatable bonds is 4. The van der Waals surface area contributed by atoms with Crippen molar-refractivity contribution < 1.29 is 9.84 Å². The summed E-state index contributed by atoms with van der Waals surface area (Å²) in [7, 11) is 3.97. The van der Waals surface area contributed by atoms with Crippen molar-refractivity contribution in [1.29, 1.82) is 10.5 Å². The summed E-state index contributed by atoms with van der Waals surface area (Å²) in [6.45, 7) is 0. The van der Waals surface area contributed by atoms with Crippen molar-refractivity contribution in [1.82, 2.24) is 9.13 Å². The molecule has 0 saturated carbocycles. The third-order valence-electron chi connectivity index (χ3n) is 4.04. The number of nitrogens with zero attached hydrogens (tertiary/aromatic N) is 4. The zero-order chi connectivity index (χ0) is 18.7. The Morgan fingerprint density at radius 3 is 2.12 bits per heavy atom. The van der Waals surface area contributed by atoms with Gasteiger partial charge in [0.1, 0.15) is 11.7 Å². The average Bonchev–Trinajstić information content (AvgIpc) is 2.64. The number of hydrogen-bond donors (Lipinski definition) is 0. The van der Waals surface area contributed by atoms with Crippen molar-refractivity contribution in [3.63, 3.8) is 0 Å². The van der Waals surface area contributed by atoms with E-state index in [9.17, 15) is 25.2 Å². The first-order valence-corrected chi connectivity index (χ1v) is 7.27. The van der Waals surface area contributed by atoms with Gasteiger partial charge in [-0.1, -0.05) is 12.1 Å². The minimum absolute atomic E-state index is 0.289. The van der Waals surface area contributed by atoms with Crippen LogP contribution < -0.4 is 21.1 Å². The van der Waals surface area contributed by atoms with E-state index in [1.165, 1.54) is 21.2 Å². The highest BCUT2D eigenvalue weighted by Gasteiger charge is 2.29. The largest absolute Gasteiger partial charge is 0.860 e. The fraction of sp³-hybridized carbons (Fsp3) is 0.294. The van der Waals surface area contributed by atoms with Crippen LogP contribution in [0.5, 0.6) is 11.6 Å². The molecule has 1 aromatic heterocycles. The maximum atomic E-state index is 12.5. The molecule has 0 amide bonds. The van der Waals surface area contributed by atoms with E-state index in [-0.39, 0.29) is 5.56 Å². The van der Waals surface area contributed by atoms with Gasteiger partial charge < -0.3 is 14.4 Å². The first kappa shape index (κ1) is 17.8. The molecule has 1 heterocycles. The summed E-state index contributed by atoms with van der Waals surface area (Å²) < 4.78 is 6.65. The maximum Gasteiger partial charge on any atom is 0.329 e. The average molecular weight is 339 g/mol. The minimum Gasteiger partial charge on any atom is -0.860 e. The second-order valence-corrected chi connectivity index (χ2v) is 5.41. The van der Waals surface area contributed by atoms with Crippen LogP contribution in [0, 0.1) is 28.6 Å². The Labute approximate surface area is 143 Å². The molecule has 8 nitrogen and oxygen atoms in total. The van der Waals surface area contributed by atoms with Gasteiger partial charge in [0, 0.05) is 25.6 Å². The van der Waals surface area contributed by atoms with Gasteiger partial charge in [0.2, 0.25) is 0 Å². The molecule has 1 atom stereocenters. The summed E-state index contributed by atoms with van der Waals surface area (Å²) in [5, 5.41) is 31.2. The van der Waals surface area contributed by atoms with E-state index in [2.05, 4.69) is 0 Å². The summed E-state index contributed by atoms with van der Waals surface area (Å²) in [5.41, 5.74) is -1.44. The highest BCUT2D eigenvalue weighted by atomic mass is 16.5. The van der Waals surface area contributed by atoms with E-state index in [4.69, 9.17) is 4.74 Å². The predicted octanol–water partition coefficient (Wildman–Crippen LogP) is -0.0385. The summed E-state index contributed by atoms with van der Waals surface area (Å²) in [4.78, 5) is 24.4. The molecule has 0 N–H and O–H groups in total. The molecular weight excluding hydrogens is 324 g/mol. The van der Waals surface area contributed by atoms with Crippen LogP contribution in [0.4, 0.5) is 0 Å². The van der Waals surface area contributed by atoms with E-state index in [0.717, 1.165) is 9.13 Å². The Bertz CT molecular complexity index is 976. The number of aromatic nitrogens is 2. The van der Waals surface area contributed by atoms with Crippen molar-refractivity contribution in [3.05, 3.63) is 56.2 Å². The third-order valence-corrected chi connectivity index (χ3v) is 4.04. The summed E-state index contributed by atoms with van der Waals surface area (Å²) >= 11 is 0. The first-order chi connectivity index (χ1) is 11.9. The van der Waals surface area contributed by atoms with Crippen LogP contribution in [0.2, 0.25) is 0 Å². The predicted molar refractivity (Wildman–Crippen MR) is 85.9 cm³/mol. The molecule has 1 aromatic carbocycles. The zero-order valence-corrected chi connectivity index (χ0v) is 13.9. The van der Waals surface area contributed by atoms with Gasteiger partial charge in [0.05, 0.1) is 19.2 Å². The van der Waals surface area contributed by atoms with Gasteiger partial charge in [-0.2, -0.15) is 10.5 Å². The molecule has 0 bridgehead atoms. The van der Waals surface area contributed by atoms with Crippen LogP contribution in [0.25, 0.3) is 0 Å². The van der Waals surface area contributed by atoms with Crippen LogP contribution >= 0.6 is 0 Å². The highest BCUT2D eigenvalue weighted by molar-refractivity contribution is 5.42. The van der Waals surface area contributed by atoms with Crippen LogP contribution in [0.1, 0.15) is 17.0 Å². The quantitative estimate of drug-likeness (QED) is 0.770. The van der Waals surface area contributed by atoms with Gasteiger partial charge in [-0.05, 0) is 23.6 Å². The van der Waals surface area contributed by atoms with Crippen LogP contribution in [-0.4, -0.2) is 16.2 Å². The van der Waals surface area contributed by atoms with Gasteiger partial charge >= 0.3 is 5.69 Å². The molecule has 128 valence electrons. The Morgan fingerprint density at radius 1 is 1.08 bits per heavy atom. The summed E-state index contributed by atoms with van der Waals surface area (Å²) in [6, 6.07) is 10.00. The van der Waals surface area contributed by atoms with Crippen LogP contribution in [-0.2, 0) is 14.1 Å². The summed E-state index contributed by atoms with van der Waals surface area (Å²) in [5.74, 6) is -2.63. The van der Waals surface area contributed by atoms with E-state index in [1.54, 1.807) is 24.3 Å². The van der Waals surface area contributed by atoms with E-state index >= 15 is 0 Å². The topological polar surface area (TPSA) is 124 Å². The van der Waals surface area contributed by atoms with Crippen LogP contribution in [0.3, 0.4) is 0 Å². The SMILES string of the molecule is COc1ccc(C(c2c([O-])n(C)c(=O)n(C)c2=O)C(C#N)C#N)cc1. The Hall–Kier alpha value is -3.52. The number of hydrogen-bond acceptors (Lipinski definition) is 6. The molecule has 0 fully saturated rings. The molecule has 2 aromatic rings. The lowest BCUT2D eigenvalue weighted by atomic mass is 9.82. The van der Waals surface area contributed by atoms with Crippen molar-refractivity contribution in [3.8, 4) is 23.8 Å². The van der Waals surface area contributed by atoms with Crippen molar-refractivity contribution in [2.75, 3.05) is 7.11 Å². The fourth-order valence-corrected chi connectivity index (χ4v) is 2.63. The molecule has 0 aliphatic heterocycles. The van der Waals surface area contributed by atoms with Crippen molar-refractivity contribution in [2.45, 2.75) is 5.92 Å². The normalized spacial score (nSPS) is 11.6. The fourth-order valence-electron chi connectivity index (χ4n) is 2.63. The highest BCUT2D eigenvalue weighted by Crippen LogP contribution is 2.33. The van der Waals surface area contributed by atoms with Gasteiger partial charge in [-0.25, -0.2) is 4.79 Å². The van der Waals surface area contributed by atoms with Crippen LogP contribution in [0.15, 0.2) is 33.9 Å². The number of benzene rings is 1. The Balaban J connectivity index is 2.83. The molecule has 0 radical (unpaired) electrons. The molecule has 0 aliphatic rings. The molecule has 0 aliphatic carbocycles. The smallest absolute Gasteiger partial charge is 0.329 e. The second-order valence-electron chi connectivity index (χ2n) is 5.41. The van der Waals surface area contributed by atoms with E-state index in [0.29, 0.717) is 11.3 Å². The zero-order valence-electron chi connectivity index (χ0n) is 13.9. The van der Waals surface area contributed by atoms with Gasteiger partial charge in [-0.15, -0.1) is 0 Å². The summed E-state index contributed by atoms with van der Waals surface area (Å²) in [6.07, 6.45) is 0.